The van der Waals surface area contributed by atoms with Gasteiger partial charge in [0.15, 0.2) is 0 Å². The molecule has 0 aromatic heterocycles. The third kappa shape index (κ3) is 2.99. The van der Waals surface area contributed by atoms with Crippen LogP contribution in [0.4, 0.5) is 0 Å². The maximum atomic E-state index is 12.3. The quantitative estimate of drug-likeness (QED) is 0.861. The molecule has 0 aliphatic carbocycles. The Kier molecular flexibility index (Phi) is 4.40. The van der Waals surface area contributed by atoms with E-state index in [1.807, 2.05) is 6.07 Å². The molecule has 1 aromatic rings. The average Bonchev–Trinajstić information content (AvgIpc) is 2.95. The highest BCUT2D eigenvalue weighted by Gasteiger charge is 2.36. The lowest BCUT2D eigenvalue weighted by Gasteiger charge is -2.25. The van der Waals surface area contributed by atoms with Crippen molar-refractivity contribution in [2.24, 2.45) is 0 Å². The number of rotatable bonds is 5. The van der Waals surface area contributed by atoms with E-state index >= 15 is 0 Å². The molecule has 20 heavy (non-hydrogen) atoms. The third-order valence-electron chi connectivity index (χ3n) is 3.38. The Morgan fingerprint density at radius 1 is 1.50 bits per heavy atom. The van der Waals surface area contributed by atoms with E-state index in [0.717, 1.165) is 0 Å². The van der Waals surface area contributed by atoms with Crippen LogP contribution in [0.25, 0.3) is 0 Å². The molecule has 7 heteroatoms. The predicted molar refractivity (Wildman–Crippen MR) is 71.5 cm³/mol. The molecular weight excluding hydrogens is 280 g/mol. The van der Waals surface area contributed by atoms with E-state index in [9.17, 15) is 8.42 Å². The Hall–Kier alpha value is -1.46. The molecular formula is C13H16N2O4S. The van der Waals surface area contributed by atoms with Gasteiger partial charge in [0.1, 0.15) is 11.7 Å². The second kappa shape index (κ2) is 5.89. The number of ether oxygens (including phenoxy) is 2. The van der Waals surface area contributed by atoms with Crippen molar-refractivity contribution in [1.82, 2.24) is 4.72 Å². The van der Waals surface area contributed by atoms with Gasteiger partial charge in [-0.05, 0) is 12.1 Å². The summed E-state index contributed by atoms with van der Waals surface area (Å²) in [5.74, 6) is 0. The number of sulfonamides is 1. The van der Waals surface area contributed by atoms with Crippen molar-refractivity contribution in [3.8, 4) is 6.07 Å². The Labute approximate surface area is 118 Å². The summed E-state index contributed by atoms with van der Waals surface area (Å²) in [6.07, 6.45) is 0.631. The van der Waals surface area contributed by atoms with Gasteiger partial charge in [-0.3, -0.25) is 0 Å². The summed E-state index contributed by atoms with van der Waals surface area (Å²) in [6, 6.07) is 7.97. The van der Waals surface area contributed by atoms with Gasteiger partial charge < -0.3 is 9.47 Å². The molecule has 1 fully saturated rings. The largest absolute Gasteiger partial charge is 0.378 e. The molecule has 108 valence electrons. The van der Waals surface area contributed by atoms with Crippen LogP contribution in [0, 0.1) is 11.3 Å². The first-order chi connectivity index (χ1) is 9.53. The monoisotopic (exact) mass is 296 g/mol. The summed E-state index contributed by atoms with van der Waals surface area (Å²) in [7, 11) is -2.21. The SMILES string of the molecule is COC1(CNS(=O)(=O)c2ccccc2C#N)CCOC1. The third-order valence-corrected chi connectivity index (χ3v) is 4.84. The van der Waals surface area contributed by atoms with Gasteiger partial charge >= 0.3 is 0 Å². The number of nitriles is 1. The molecule has 6 nitrogen and oxygen atoms in total. The Morgan fingerprint density at radius 3 is 2.85 bits per heavy atom. The number of hydrogen-bond acceptors (Lipinski definition) is 5. The van der Waals surface area contributed by atoms with E-state index in [-0.39, 0.29) is 17.0 Å². The van der Waals surface area contributed by atoms with Crippen molar-refractivity contribution < 1.29 is 17.9 Å². The number of hydrogen-bond donors (Lipinski definition) is 1. The molecule has 1 saturated heterocycles. The van der Waals surface area contributed by atoms with Gasteiger partial charge in [-0.15, -0.1) is 0 Å². The van der Waals surface area contributed by atoms with E-state index < -0.39 is 15.6 Å². The maximum Gasteiger partial charge on any atom is 0.241 e. The molecule has 1 unspecified atom stereocenters. The van der Waals surface area contributed by atoms with Gasteiger partial charge in [0, 0.05) is 26.7 Å². The van der Waals surface area contributed by atoms with Crippen LogP contribution in [0.3, 0.4) is 0 Å². The smallest absolute Gasteiger partial charge is 0.241 e. The molecule has 1 heterocycles. The minimum atomic E-state index is -3.75. The van der Waals surface area contributed by atoms with Crippen LogP contribution >= 0.6 is 0 Å². The van der Waals surface area contributed by atoms with Crippen LogP contribution in [0.2, 0.25) is 0 Å². The summed E-state index contributed by atoms with van der Waals surface area (Å²) in [5.41, 5.74) is -0.511. The molecule has 1 aromatic carbocycles. The van der Waals surface area contributed by atoms with Gasteiger partial charge in [0.2, 0.25) is 10.0 Å². The zero-order valence-electron chi connectivity index (χ0n) is 11.1. The van der Waals surface area contributed by atoms with Crippen LogP contribution in [0.5, 0.6) is 0 Å². The molecule has 0 amide bonds. The van der Waals surface area contributed by atoms with Crippen LogP contribution in [-0.4, -0.2) is 40.9 Å². The Balaban J connectivity index is 2.18. The highest BCUT2D eigenvalue weighted by Crippen LogP contribution is 2.23. The van der Waals surface area contributed by atoms with Crippen LogP contribution < -0.4 is 4.72 Å². The standard InChI is InChI=1S/C13H16N2O4S/c1-18-13(6-7-19-10-13)9-15-20(16,17)12-5-3-2-4-11(12)8-14/h2-5,15H,6-7,9-10H2,1H3. The second-order valence-corrected chi connectivity index (χ2v) is 6.36. The van der Waals surface area contributed by atoms with E-state index in [4.69, 9.17) is 14.7 Å². The van der Waals surface area contributed by atoms with E-state index in [1.54, 1.807) is 12.1 Å². The molecule has 1 atom stereocenters. The fourth-order valence-corrected chi connectivity index (χ4v) is 3.33. The summed E-state index contributed by atoms with van der Waals surface area (Å²) in [6.45, 7) is 1.02. The van der Waals surface area contributed by atoms with Gasteiger partial charge in [-0.2, -0.15) is 5.26 Å². The van der Waals surface area contributed by atoms with Crippen molar-refractivity contribution in [2.75, 3.05) is 26.9 Å². The van der Waals surface area contributed by atoms with Gasteiger partial charge in [0.25, 0.3) is 0 Å². The van der Waals surface area contributed by atoms with Crippen LogP contribution in [-0.2, 0) is 19.5 Å². The number of methoxy groups -OCH3 is 1. The first-order valence-corrected chi connectivity index (χ1v) is 7.63. The highest BCUT2D eigenvalue weighted by molar-refractivity contribution is 7.89. The zero-order chi connectivity index (χ0) is 14.6. The molecule has 0 bridgehead atoms. The maximum absolute atomic E-state index is 12.3. The molecule has 0 radical (unpaired) electrons. The molecule has 1 aliphatic heterocycles. The summed E-state index contributed by atoms with van der Waals surface area (Å²) >= 11 is 0. The topological polar surface area (TPSA) is 88.4 Å². The highest BCUT2D eigenvalue weighted by atomic mass is 32.2. The number of nitrogens with zero attached hydrogens (tertiary/aromatic N) is 1. The van der Waals surface area contributed by atoms with Gasteiger partial charge in [-0.1, -0.05) is 12.1 Å². The summed E-state index contributed by atoms with van der Waals surface area (Å²) < 4.78 is 37.7. The van der Waals surface area contributed by atoms with Crippen molar-refractivity contribution in [3.63, 3.8) is 0 Å². The molecule has 0 saturated carbocycles. The van der Waals surface area contributed by atoms with E-state index in [0.29, 0.717) is 19.6 Å². The molecule has 2 rings (SSSR count). The lowest BCUT2D eigenvalue weighted by molar-refractivity contribution is -0.0120. The molecule has 0 spiro atoms. The summed E-state index contributed by atoms with van der Waals surface area (Å²) in [5, 5.41) is 8.97. The van der Waals surface area contributed by atoms with Crippen LogP contribution in [0.1, 0.15) is 12.0 Å². The Bertz CT molecular complexity index is 616. The first kappa shape index (κ1) is 14.9. The van der Waals surface area contributed by atoms with Gasteiger partial charge in [0.05, 0.1) is 17.1 Å². The first-order valence-electron chi connectivity index (χ1n) is 6.15. The van der Waals surface area contributed by atoms with Gasteiger partial charge in [-0.25, -0.2) is 13.1 Å². The second-order valence-electron chi connectivity index (χ2n) is 4.62. The average molecular weight is 296 g/mol. The fraction of sp³-hybridized carbons (Fsp3) is 0.462. The molecule has 1 aliphatic rings. The number of nitrogens with one attached hydrogen (secondary N) is 1. The molecule has 1 N–H and O–H groups in total. The normalized spacial score (nSPS) is 22.6. The number of benzene rings is 1. The van der Waals surface area contributed by atoms with Crippen molar-refractivity contribution >= 4 is 10.0 Å². The lowest BCUT2D eigenvalue weighted by atomic mass is 10.0. The minimum Gasteiger partial charge on any atom is -0.378 e. The zero-order valence-corrected chi connectivity index (χ0v) is 11.9. The van der Waals surface area contributed by atoms with E-state index in [2.05, 4.69) is 4.72 Å². The van der Waals surface area contributed by atoms with Crippen molar-refractivity contribution in [1.29, 1.82) is 5.26 Å². The lowest BCUT2D eigenvalue weighted by Crippen LogP contribution is -2.45. The van der Waals surface area contributed by atoms with Crippen molar-refractivity contribution in [2.45, 2.75) is 16.9 Å². The fourth-order valence-electron chi connectivity index (χ4n) is 2.06. The predicted octanol–water partition coefficient (Wildman–Crippen LogP) is 0.642. The van der Waals surface area contributed by atoms with Crippen molar-refractivity contribution in [3.05, 3.63) is 29.8 Å². The van der Waals surface area contributed by atoms with E-state index in [1.165, 1.54) is 19.2 Å². The Morgan fingerprint density at radius 2 is 2.25 bits per heavy atom. The minimum absolute atomic E-state index is 0.0207. The summed E-state index contributed by atoms with van der Waals surface area (Å²) in [4.78, 5) is -0.0207. The van der Waals surface area contributed by atoms with Crippen LogP contribution in [0.15, 0.2) is 29.2 Å².